The predicted molar refractivity (Wildman–Crippen MR) is 115 cm³/mol. The van der Waals surface area contributed by atoms with Gasteiger partial charge in [0.2, 0.25) is 0 Å². The lowest BCUT2D eigenvalue weighted by molar-refractivity contribution is -0.137. The molecule has 30 heavy (non-hydrogen) atoms. The molecule has 1 saturated heterocycles. The van der Waals surface area contributed by atoms with E-state index in [1.54, 1.807) is 30.3 Å². The Balaban J connectivity index is 1.65. The first-order valence-corrected chi connectivity index (χ1v) is 9.88. The first-order valence-electron chi connectivity index (χ1n) is 8.66. The predicted octanol–water partition coefficient (Wildman–Crippen LogP) is 2.79. The maximum Gasteiger partial charge on any atom is 0.306 e. The lowest BCUT2D eigenvalue weighted by Crippen LogP contribution is -2.44. The number of hydrogen-bond donors (Lipinski definition) is 3. The number of benzene rings is 2. The molecule has 0 unspecified atom stereocenters. The Kier molecular flexibility index (Phi) is 6.70. The molecule has 0 atom stereocenters. The molecule has 3 rings (SSSR count). The van der Waals surface area contributed by atoms with Crippen molar-refractivity contribution >= 4 is 52.2 Å². The summed E-state index contributed by atoms with van der Waals surface area (Å²) >= 11 is 6.25. The normalized spacial score (nSPS) is 14.8. The van der Waals surface area contributed by atoms with Crippen molar-refractivity contribution in [1.29, 1.82) is 0 Å². The molecule has 0 aliphatic carbocycles. The van der Waals surface area contributed by atoms with E-state index in [1.807, 2.05) is 0 Å². The van der Waals surface area contributed by atoms with Crippen molar-refractivity contribution in [3.05, 3.63) is 64.6 Å². The Bertz CT molecular complexity index is 1020. The van der Waals surface area contributed by atoms with Gasteiger partial charge < -0.3 is 14.9 Å². The van der Waals surface area contributed by atoms with E-state index < -0.39 is 17.8 Å². The highest BCUT2D eigenvalue weighted by atomic mass is 32.2. The van der Waals surface area contributed by atoms with Crippen LogP contribution >= 0.6 is 24.0 Å². The Morgan fingerprint density at radius 1 is 1.13 bits per heavy atom. The molecule has 1 aliphatic rings. The van der Waals surface area contributed by atoms with Crippen molar-refractivity contribution in [2.75, 3.05) is 6.61 Å². The number of carbonyl (C=O) groups is 3. The molecule has 2 aromatic carbocycles. The van der Waals surface area contributed by atoms with E-state index in [4.69, 9.17) is 22.1 Å². The fourth-order valence-electron chi connectivity index (χ4n) is 2.41. The lowest BCUT2D eigenvalue weighted by atomic mass is 10.2. The Morgan fingerprint density at radius 3 is 2.43 bits per heavy atom. The van der Waals surface area contributed by atoms with Crippen LogP contribution in [-0.2, 0) is 9.59 Å². The molecule has 0 bridgehead atoms. The zero-order valence-corrected chi connectivity index (χ0v) is 17.0. The molecule has 0 aromatic heterocycles. The molecule has 2 amide bonds. The Labute approximate surface area is 181 Å². The second-order valence-corrected chi connectivity index (χ2v) is 7.74. The average Bonchev–Trinajstić information content (AvgIpc) is 2.97. The number of aromatic hydroxyl groups is 1. The third-order valence-electron chi connectivity index (χ3n) is 3.90. The van der Waals surface area contributed by atoms with Crippen molar-refractivity contribution in [3.63, 3.8) is 0 Å². The number of hydrogen-bond acceptors (Lipinski definition) is 7. The minimum Gasteiger partial charge on any atom is -0.508 e. The zero-order chi connectivity index (χ0) is 21.7. The van der Waals surface area contributed by atoms with Crippen LogP contribution in [0.5, 0.6) is 11.5 Å². The third-order valence-corrected chi connectivity index (χ3v) is 5.20. The largest absolute Gasteiger partial charge is 0.508 e. The number of ether oxygens (including phenoxy) is 1. The fourth-order valence-corrected chi connectivity index (χ4v) is 3.59. The highest BCUT2D eigenvalue weighted by Crippen LogP contribution is 2.31. The van der Waals surface area contributed by atoms with Crippen LogP contribution in [0.3, 0.4) is 0 Å². The zero-order valence-electron chi connectivity index (χ0n) is 15.4. The molecular weight excluding hydrogens is 428 g/mol. The van der Waals surface area contributed by atoms with Crippen LogP contribution in [0, 0.1) is 0 Å². The van der Waals surface area contributed by atoms with Crippen molar-refractivity contribution < 1.29 is 29.3 Å². The second kappa shape index (κ2) is 9.42. The number of phenolic OH excluding ortho intramolecular Hbond substituents is 1. The van der Waals surface area contributed by atoms with E-state index >= 15 is 0 Å². The molecule has 0 spiro atoms. The van der Waals surface area contributed by atoms with Gasteiger partial charge in [0.15, 0.2) is 4.32 Å². The topological polar surface area (TPSA) is 116 Å². The monoisotopic (exact) mass is 444 g/mol. The molecule has 0 radical (unpaired) electrons. The molecule has 1 heterocycles. The summed E-state index contributed by atoms with van der Waals surface area (Å²) in [6.07, 6.45) is 1.53. The number of carboxylic acids is 1. The SMILES string of the molecule is O=C(O)CCOc1ccc(/C=C2\SC(=S)N(NC(=O)c3ccc(O)cc3)C2=O)cc1. The number of carbonyl (C=O) groups excluding carboxylic acids is 2. The number of thioether (sulfide) groups is 1. The van der Waals surface area contributed by atoms with Gasteiger partial charge in [0.25, 0.3) is 11.8 Å². The van der Waals surface area contributed by atoms with Gasteiger partial charge in [0.1, 0.15) is 11.5 Å². The summed E-state index contributed by atoms with van der Waals surface area (Å²) in [7, 11) is 0. The van der Waals surface area contributed by atoms with Crippen LogP contribution < -0.4 is 10.2 Å². The molecule has 3 N–H and O–H groups in total. The number of carboxylic acid groups (broad SMARTS) is 1. The van der Waals surface area contributed by atoms with Crippen LogP contribution in [-0.4, -0.2) is 43.9 Å². The Hall–Kier alpha value is -3.37. The maximum atomic E-state index is 12.6. The number of hydrazine groups is 1. The number of rotatable bonds is 7. The molecule has 1 fully saturated rings. The summed E-state index contributed by atoms with van der Waals surface area (Å²) in [4.78, 5) is 35.8. The van der Waals surface area contributed by atoms with Gasteiger partial charge in [0.05, 0.1) is 17.9 Å². The standard InChI is InChI=1S/C20H16N2O6S2/c23-14-5-3-13(4-6-14)18(26)21-22-19(27)16(30-20(22)29)11-12-1-7-15(8-2-12)28-10-9-17(24)25/h1-8,11,23H,9-10H2,(H,21,26)(H,24,25)/b16-11-. The van der Waals surface area contributed by atoms with Gasteiger partial charge in [0, 0.05) is 5.56 Å². The van der Waals surface area contributed by atoms with Gasteiger partial charge in [-0.1, -0.05) is 23.9 Å². The highest BCUT2D eigenvalue weighted by molar-refractivity contribution is 8.26. The quantitative estimate of drug-likeness (QED) is 0.441. The van der Waals surface area contributed by atoms with E-state index in [-0.39, 0.29) is 28.7 Å². The number of amides is 2. The number of thiocarbonyl (C=S) groups is 1. The van der Waals surface area contributed by atoms with Gasteiger partial charge in [-0.3, -0.25) is 19.8 Å². The fraction of sp³-hybridized carbons (Fsp3) is 0.100. The number of nitrogens with one attached hydrogen (secondary N) is 1. The summed E-state index contributed by atoms with van der Waals surface area (Å²) in [5.41, 5.74) is 3.45. The van der Waals surface area contributed by atoms with E-state index in [9.17, 15) is 19.5 Å². The van der Waals surface area contributed by atoms with E-state index in [0.29, 0.717) is 16.2 Å². The van der Waals surface area contributed by atoms with Crippen LogP contribution in [0.1, 0.15) is 22.3 Å². The minimum absolute atomic E-state index is 0.0263. The van der Waals surface area contributed by atoms with Gasteiger partial charge in [-0.15, -0.1) is 0 Å². The van der Waals surface area contributed by atoms with E-state index in [0.717, 1.165) is 16.8 Å². The smallest absolute Gasteiger partial charge is 0.306 e. The summed E-state index contributed by atoms with van der Waals surface area (Å²) in [5.74, 6) is -1.39. The third kappa shape index (κ3) is 5.37. The number of aliphatic carboxylic acids is 1. The van der Waals surface area contributed by atoms with Crippen molar-refractivity contribution in [2.24, 2.45) is 0 Å². The van der Waals surface area contributed by atoms with Crippen molar-refractivity contribution in [1.82, 2.24) is 10.4 Å². The lowest BCUT2D eigenvalue weighted by Gasteiger charge is -2.15. The molecule has 1 aliphatic heterocycles. The molecular formula is C20H16N2O6S2. The first kappa shape index (κ1) is 21.3. The van der Waals surface area contributed by atoms with E-state index in [2.05, 4.69) is 5.43 Å². The highest BCUT2D eigenvalue weighted by Gasteiger charge is 2.33. The molecule has 10 heteroatoms. The van der Waals surface area contributed by atoms with Gasteiger partial charge in [-0.2, -0.15) is 5.01 Å². The summed E-state index contributed by atoms with van der Waals surface area (Å²) in [6, 6.07) is 12.4. The average molecular weight is 444 g/mol. The van der Waals surface area contributed by atoms with Crippen LogP contribution in [0.25, 0.3) is 6.08 Å². The second-order valence-electron chi connectivity index (χ2n) is 6.07. The van der Waals surface area contributed by atoms with E-state index in [1.165, 1.54) is 24.3 Å². The van der Waals surface area contributed by atoms with Gasteiger partial charge in [-0.25, -0.2) is 0 Å². The number of phenols is 1. The molecule has 154 valence electrons. The Morgan fingerprint density at radius 2 is 1.80 bits per heavy atom. The van der Waals surface area contributed by atoms with Crippen LogP contribution in [0.15, 0.2) is 53.4 Å². The summed E-state index contributed by atoms with van der Waals surface area (Å²) in [6.45, 7) is 0.0636. The minimum atomic E-state index is -0.939. The maximum absolute atomic E-state index is 12.6. The van der Waals surface area contributed by atoms with Crippen LogP contribution in [0.2, 0.25) is 0 Å². The summed E-state index contributed by atoms with van der Waals surface area (Å²) < 4.78 is 5.51. The van der Waals surface area contributed by atoms with Crippen molar-refractivity contribution in [3.8, 4) is 11.5 Å². The molecule has 8 nitrogen and oxygen atoms in total. The van der Waals surface area contributed by atoms with Gasteiger partial charge in [-0.05, 0) is 60.3 Å². The van der Waals surface area contributed by atoms with Gasteiger partial charge >= 0.3 is 5.97 Å². The molecule has 2 aromatic rings. The molecule has 0 saturated carbocycles. The first-order chi connectivity index (χ1) is 14.3. The van der Waals surface area contributed by atoms with Crippen LogP contribution in [0.4, 0.5) is 0 Å². The van der Waals surface area contributed by atoms with Crippen molar-refractivity contribution in [2.45, 2.75) is 6.42 Å². The number of nitrogens with zero attached hydrogens (tertiary/aromatic N) is 1. The summed E-state index contributed by atoms with van der Waals surface area (Å²) in [5, 5.41) is 18.9.